The van der Waals surface area contributed by atoms with Gasteiger partial charge in [-0.2, -0.15) is 5.10 Å². The van der Waals surface area contributed by atoms with Gasteiger partial charge in [0, 0.05) is 45.1 Å². The van der Waals surface area contributed by atoms with E-state index < -0.39 is 0 Å². The summed E-state index contributed by atoms with van der Waals surface area (Å²) in [6.07, 6.45) is 7.45. The third-order valence-corrected chi connectivity index (χ3v) is 4.05. The molecule has 0 saturated carbocycles. The summed E-state index contributed by atoms with van der Waals surface area (Å²) in [7, 11) is 1.83. The van der Waals surface area contributed by atoms with E-state index >= 15 is 0 Å². The minimum atomic E-state index is 0.651. The number of aryl methyl sites for hydroxylation is 1. The Morgan fingerprint density at radius 3 is 3.05 bits per heavy atom. The summed E-state index contributed by atoms with van der Waals surface area (Å²) in [6, 6.07) is 2.60. The molecule has 1 aliphatic rings. The predicted molar refractivity (Wildman–Crippen MR) is 86.5 cm³/mol. The van der Waals surface area contributed by atoms with Crippen molar-refractivity contribution in [3.63, 3.8) is 0 Å². The van der Waals surface area contributed by atoms with E-state index in [0.29, 0.717) is 6.04 Å². The molecule has 0 bridgehead atoms. The van der Waals surface area contributed by atoms with E-state index in [1.54, 1.807) is 0 Å². The summed E-state index contributed by atoms with van der Waals surface area (Å²) in [5.74, 6) is 0.901. The summed E-state index contributed by atoms with van der Waals surface area (Å²) in [4.78, 5) is 6.83. The van der Waals surface area contributed by atoms with Crippen LogP contribution in [0.3, 0.4) is 0 Å². The first-order valence-corrected chi connectivity index (χ1v) is 7.99. The summed E-state index contributed by atoms with van der Waals surface area (Å²) in [5, 5.41) is 11.0. The molecule has 21 heavy (non-hydrogen) atoms. The number of aliphatic imine (C=N–C) groups is 1. The molecule has 0 aromatic carbocycles. The molecule has 1 fully saturated rings. The second-order valence-electron chi connectivity index (χ2n) is 5.43. The van der Waals surface area contributed by atoms with Crippen LogP contribution in [0.1, 0.15) is 26.2 Å². The third-order valence-electron chi connectivity index (χ3n) is 4.05. The van der Waals surface area contributed by atoms with Crippen molar-refractivity contribution in [1.29, 1.82) is 0 Å². The van der Waals surface area contributed by atoms with Crippen LogP contribution in [-0.2, 0) is 6.54 Å². The molecule has 1 saturated heterocycles. The van der Waals surface area contributed by atoms with Gasteiger partial charge in [-0.05, 0) is 38.4 Å². The lowest BCUT2D eigenvalue weighted by Gasteiger charge is -2.23. The molecule has 2 rings (SSSR count). The Morgan fingerprint density at radius 2 is 2.33 bits per heavy atom. The number of hydrogen-bond acceptors (Lipinski definition) is 3. The Hall–Kier alpha value is -1.56. The minimum absolute atomic E-state index is 0.651. The molecule has 2 heterocycles. The van der Waals surface area contributed by atoms with E-state index in [1.165, 1.54) is 19.4 Å². The first-order chi connectivity index (χ1) is 10.3. The zero-order valence-electron chi connectivity index (χ0n) is 13.3. The Kier molecular flexibility index (Phi) is 6.53. The fraction of sp³-hybridized carbons (Fsp3) is 0.733. The van der Waals surface area contributed by atoms with Crippen molar-refractivity contribution in [1.82, 2.24) is 25.3 Å². The minimum Gasteiger partial charge on any atom is -0.356 e. The summed E-state index contributed by atoms with van der Waals surface area (Å²) < 4.78 is 1.95. The number of likely N-dealkylation sites (N-methyl/N-ethyl adjacent to an activating group) is 1. The fourth-order valence-corrected chi connectivity index (χ4v) is 2.86. The molecule has 0 spiro atoms. The third kappa shape index (κ3) is 5.04. The van der Waals surface area contributed by atoms with Gasteiger partial charge in [-0.25, -0.2) is 0 Å². The topological polar surface area (TPSA) is 57.5 Å². The van der Waals surface area contributed by atoms with Gasteiger partial charge >= 0.3 is 0 Å². The molecule has 2 N–H and O–H groups in total. The van der Waals surface area contributed by atoms with Gasteiger partial charge in [0.25, 0.3) is 0 Å². The summed E-state index contributed by atoms with van der Waals surface area (Å²) >= 11 is 0. The second-order valence-corrected chi connectivity index (χ2v) is 5.43. The van der Waals surface area contributed by atoms with Crippen molar-refractivity contribution in [2.45, 2.75) is 38.8 Å². The quantitative estimate of drug-likeness (QED) is 0.446. The number of rotatable bonds is 7. The van der Waals surface area contributed by atoms with Crippen molar-refractivity contribution >= 4 is 5.96 Å². The molecule has 6 nitrogen and oxygen atoms in total. The SMILES string of the molecule is CCN1CCCC1CNC(=NC)NCCCn1cccn1. The smallest absolute Gasteiger partial charge is 0.191 e. The van der Waals surface area contributed by atoms with E-state index in [9.17, 15) is 0 Å². The predicted octanol–water partition coefficient (Wildman–Crippen LogP) is 0.923. The van der Waals surface area contributed by atoms with Gasteiger partial charge in [0.2, 0.25) is 0 Å². The van der Waals surface area contributed by atoms with E-state index in [0.717, 1.165) is 38.6 Å². The van der Waals surface area contributed by atoms with Crippen LogP contribution < -0.4 is 10.6 Å². The maximum Gasteiger partial charge on any atom is 0.191 e. The Labute approximate surface area is 127 Å². The van der Waals surface area contributed by atoms with Crippen molar-refractivity contribution < 1.29 is 0 Å². The number of aromatic nitrogens is 2. The molecular formula is C15H28N6. The molecular weight excluding hydrogens is 264 g/mol. The number of hydrogen-bond donors (Lipinski definition) is 2. The maximum atomic E-state index is 4.29. The van der Waals surface area contributed by atoms with Crippen molar-refractivity contribution in [2.24, 2.45) is 4.99 Å². The van der Waals surface area contributed by atoms with Crippen molar-refractivity contribution in [2.75, 3.05) is 33.2 Å². The van der Waals surface area contributed by atoms with Crippen LogP contribution in [0.2, 0.25) is 0 Å². The molecule has 1 unspecified atom stereocenters. The zero-order valence-corrected chi connectivity index (χ0v) is 13.3. The normalized spacial score (nSPS) is 19.9. The first kappa shape index (κ1) is 15.8. The van der Waals surface area contributed by atoms with Gasteiger partial charge in [-0.15, -0.1) is 0 Å². The van der Waals surface area contributed by atoms with Crippen LogP contribution in [0.25, 0.3) is 0 Å². The highest BCUT2D eigenvalue weighted by Gasteiger charge is 2.22. The number of likely N-dealkylation sites (tertiary alicyclic amines) is 1. The lowest BCUT2D eigenvalue weighted by molar-refractivity contribution is 0.267. The molecule has 6 heteroatoms. The van der Waals surface area contributed by atoms with E-state index in [2.05, 4.69) is 32.5 Å². The average molecular weight is 292 g/mol. The van der Waals surface area contributed by atoms with E-state index in [1.807, 2.05) is 30.2 Å². The lowest BCUT2D eigenvalue weighted by atomic mass is 10.2. The van der Waals surface area contributed by atoms with Gasteiger partial charge in [0.15, 0.2) is 5.96 Å². The lowest BCUT2D eigenvalue weighted by Crippen LogP contribution is -2.45. The molecule has 1 aromatic rings. The average Bonchev–Trinajstić information content (AvgIpc) is 3.17. The van der Waals surface area contributed by atoms with Gasteiger partial charge in [-0.1, -0.05) is 6.92 Å². The van der Waals surface area contributed by atoms with Crippen molar-refractivity contribution in [3.05, 3.63) is 18.5 Å². The largest absolute Gasteiger partial charge is 0.356 e. The summed E-state index contributed by atoms with van der Waals surface area (Å²) in [6.45, 7) is 7.43. The molecule has 1 aliphatic heterocycles. The Balaban J connectivity index is 1.62. The van der Waals surface area contributed by atoms with Crippen LogP contribution >= 0.6 is 0 Å². The van der Waals surface area contributed by atoms with Crippen LogP contribution in [0.4, 0.5) is 0 Å². The van der Waals surface area contributed by atoms with Gasteiger partial charge in [0.05, 0.1) is 0 Å². The molecule has 0 radical (unpaired) electrons. The molecule has 1 aromatic heterocycles. The first-order valence-electron chi connectivity index (χ1n) is 7.99. The fourth-order valence-electron chi connectivity index (χ4n) is 2.86. The molecule has 0 amide bonds. The van der Waals surface area contributed by atoms with Crippen LogP contribution in [-0.4, -0.2) is 59.9 Å². The second kappa shape index (κ2) is 8.67. The van der Waals surface area contributed by atoms with Crippen LogP contribution in [0.5, 0.6) is 0 Å². The van der Waals surface area contributed by atoms with Crippen LogP contribution in [0.15, 0.2) is 23.5 Å². The monoisotopic (exact) mass is 292 g/mol. The van der Waals surface area contributed by atoms with E-state index in [4.69, 9.17) is 0 Å². The van der Waals surface area contributed by atoms with E-state index in [-0.39, 0.29) is 0 Å². The molecule has 1 atom stereocenters. The van der Waals surface area contributed by atoms with Gasteiger partial charge < -0.3 is 10.6 Å². The van der Waals surface area contributed by atoms with Gasteiger partial charge in [-0.3, -0.25) is 14.6 Å². The number of nitrogens with one attached hydrogen (secondary N) is 2. The molecule has 0 aliphatic carbocycles. The Bertz CT molecular complexity index is 414. The maximum absolute atomic E-state index is 4.29. The highest BCUT2D eigenvalue weighted by atomic mass is 15.3. The summed E-state index contributed by atoms with van der Waals surface area (Å²) in [5.41, 5.74) is 0. The Morgan fingerprint density at radius 1 is 1.43 bits per heavy atom. The number of guanidine groups is 1. The van der Waals surface area contributed by atoms with Gasteiger partial charge in [0.1, 0.15) is 0 Å². The zero-order chi connectivity index (χ0) is 14.9. The van der Waals surface area contributed by atoms with Crippen molar-refractivity contribution in [3.8, 4) is 0 Å². The number of nitrogens with zero attached hydrogens (tertiary/aromatic N) is 4. The standard InChI is InChI=1S/C15H28N6/c1-3-20-10-4-7-14(20)13-18-15(16-2)17-8-5-11-21-12-6-9-19-21/h6,9,12,14H,3-5,7-8,10-11,13H2,1-2H3,(H2,16,17,18). The highest BCUT2D eigenvalue weighted by Crippen LogP contribution is 2.15. The highest BCUT2D eigenvalue weighted by molar-refractivity contribution is 5.79. The van der Waals surface area contributed by atoms with Crippen LogP contribution in [0, 0.1) is 0 Å². The molecule has 118 valence electrons.